The van der Waals surface area contributed by atoms with Crippen molar-refractivity contribution in [3.05, 3.63) is 56.2 Å². The first-order valence-corrected chi connectivity index (χ1v) is 7.90. The van der Waals surface area contributed by atoms with Crippen molar-refractivity contribution in [2.24, 2.45) is 0 Å². The molecule has 0 saturated heterocycles. The maximum absolute atomic E-state index is 12.8. The molecule has 0 amide bonds. The van der Waals surface area contributed by atoms with Crippen LogP contribution in [0.5, 0.6) is 5.75 Å². The van der Waals surface area contributed by atoms with E-state index in [0.29, 0.717) is 35.8 Å². The molecule has 2 aromatic rings. The van der Waals surface area contributed by atoms with Crippen LogP contribution in [0.4, 0.5) is 13.2 Å². The Bertz CT molecular complexity index is 851. The number of halogens is 4. The predicted molar refractivity (Wildman–Crippen MR) is 85.7 cm³/mol. The van der Waals surface area contributed by atoms with Crippen molar-refractivity contribution in [3.8, 4) is 5.75 Å². The highest BCUT2D eigenvalue weighted by Gasteiger charge is 2.36. The molecule has 0 unspecified atom stereocenters. The van der Waals surface area contributed by atoms with Gasteiger partial charge in [0, 0.05) is 25.2 Å². The summed E-state index contributed by atoms with van der Waals surface area (Å²) < 4.78 is 43.7. The summed E-state index contributed by atoms with van der Waals surface area (Å²) in [5.41, 5.74) is 0.532. The molecule has 1 aliphatic heterocycles. The normalized spacial score (nSPS) is 15.1. The third-order valence-electron chi connectivity index (χ3n) is 4.08. The lowest BCUT2D eigenvalue weighted by Gasteiger charge is -2.28. The molecule has 0 spiro atoms. The second kappa shape index (κ2) is 6.68. The number of hydrogen-bond donors (Lipinski definition) is 1. The second-order valence-corrected chi connectivity index (χ2v) is 6.11. The van der Waals surface area contributed by atoms with Crippen LogP contribution in [0.3, 0.4) is 0 Å². The van der Waals surface area contributed by atoms with Crippen LogP contribution in [-0.4, -0.2) is 28.5 Å². The maximum Gasteiger partial charge on any atom is 0.449 e. The van der Waals surface area contributed by atoms with Crippen LogP contribution in [0.15, 0.2) is 23.0 Å². The van der Waals surface area contributed by atoms with Crippen LogP contribution >= 0.6 is 11.6 Å². The molecular formula is C16H15ClF3N3O2. The van der Waals surface area contributed by atoms with E-state index in [-0.39, 0.29) is 12.2 Å². The van der Waals surface area contributed by atoms with Crippen molar-refractivity contribution in [3.63, 3.8) is 0 Å². The minimum absolute atomic E-state index is 0.149. The Morgan fingerprint density at radius 2 is 2.16 bits per heavy atom. The third-order valence-corrected chi connectivity index (χ3v) is 4.51. The molecule has 0 radical (unpaired) electrons. The molecule has 0 bridgehead atoms. The number of fused-ring (bicyclic) bond motifs is 1. The van der Waals surface area contributed by atoms with Gasteiger partial charge in [-0.15, -0.1) is 0 Å². The molecular weight excluding hydrogens is 359 g/mol. The average molecular weight is 374 g/mol. The zero-order chi connectivity index (χ0) is 18.2. The first-order valence-electron chi connectivity index (χ1n) is 7.52. The molecule has 3 rings (SSSR count). The van der Waals surface area contributed by atoms with Gasteiger partial charge in [-0.3, -0.25) is 9.69 Å². The van der Waals surface area contributed by atoms with Gasteiger partial charge in [0.1, 0.15) is 5.75 Å². The summed E-state index contributed by atoms with van der Waals surface area (Å²) in [5.74, 6) is -0.733. The lowest BCUT2D eigenvalue weighted by molar-refractivity contribution is -0.145. The van der Waals surface area contributed by atoms with E-state index in [1.54, 1.807) is 12.1 Å². The fraction of sp³-hybridized carbons (Fsp3) is 0.375. The van der Waals surface area contributed by atoms with Crippen molar-refractivity contribution >= 4 is 11.6 Å². The number of H-pyrrole nitrogens is 1. The monoisotopic (exact) mass is 373 g/mol. The third kappa shape index (κ3) is 3.64. The Hall–Kier alpha value is -2.06. The Kier molecular flexibility index (Phi) is 4.75. The van der Waals surface area contributed by atoms with E-state index in [4.69, 9.17) is 16.3 Å². The number of methoxy groups -OCH3 is 1. The van der Waals surface area contributed by atoms with Crippen LogP contribution in [0.2, 0.25) is 5.02 Å². The number of aromatic amines is 1. The van der Waals surface area contributed by atoms with E-state index in [9.17, 15) is 18.0 Å². The van der Waals surface area contributed by atoms with E-state index in [2.05, 4.69) is 4.98 Å². The van der Waals surface area contributed by atoms with Crippen molar-refractivity contribution in [1.82, 2.24) is 14.9 Å². The molecule has 1 aromatic carbocycles. The lowest BCUT2D eigenvalue weighted by Crippen LogP contribution is -2.36. The molecule has 1 N–H and O–H groups in total. The van der Waals surface area contributed by atoms with Crippen LogP contribution < -0.4 is 10.3 Å². The van der Waals surface area contributed by atoms with Crippen LogP contribution in [-0.2, 0) is 25.7 Å². The van der Waals surface area contributed by atoms with Crippen LogP contribution in [0.25, 0.3) is 0 Å². The van der Waals surface area contributed by atoms with Crippen LogP contribution in [0, 0.1) is 0 Å². The topological polar surface area (TPSA) is 58.2 Å². The number of alkyl halides is 3. The van der Waals surface area contributed by atoms with Gasteiger partial charge in [-0.05, 0) is 18.1 Å². The Morgan fingerprint density at radius 3 is 2.84 bits per heavy atom. The lowest BCUT2D eigenvalue weighted by atomic mass is 10.1. The summed E-state index contributed by atoms with van der Waals surface area (Å²) in [6, 6.07) is 5.35. The second-order valence-electron chi connectivity index (χ2n) is 5.73. The average Bonchev–Trinajstić information content (AvgIpc) is 2.55. The highest BCUT2D eigenvalue weighted by Crippen LogP contribution is 2.30. The molecule has 0 atom stereocenters. The molecule has 5 nitrogen and oxygen atoms in total. The van der Waals surface area contributed by atoms with E-state index in [1.165, 1.54) is 7.11 Å². The van der Waals surface area contributed by atoms with Crippen molar-refractivity contribution < 1.29 is 17.9 Å². The zero-order valence-electron chi connectivity index (χ0n) is 13.3. The van der Waals surface area contributed by atoms with Crippen molar-refractivity contribution in [2.45, 2.75) is 25.7 Å². The van der Waals surface area contributed by atoms with Crippen LogP contribution in [0.1, 0.15) is 22.6 Å². The van der Waals surface area contributed by atoms with E-state index in [0.717, 1.165) is 5.56 Å². The molecule has 1 aliphatic rings. The Labute approximate surface area is 146 Å². The molecule has 0 fully saturated rings. The number of ether oxygens (including phenoxy) is 1. The predicted octanol–water partition coefficient (Wildman–Crippen LogP) is 3.01. The summed E-state index contributed by atoms with van der Waals surface area (Å²) in [6.45, 7) is 1.10. The fourth-order valence-corrected chi connectivity index (χ4v) is 3.10. The summed E-state index contributed by atoms with van der Waals surface area (Å²) in [7, 11) is 1.51. The van der Waals surface area contributed by atoms with Gasteiger partial charge in [0.2, 0.25) is 5.82 Å². The van der Waals surface area contributed by atoms with Gasteiger partial charge in [0.15, 0.2) is 0 Å². The van der Waals surface area contributed by atoms with Gasteiger partial charge >= 0.3 is 6.18 Å². The van der Waals surface area contributed by atoms with E-state index < -0.39 is 17.6 Å². The van der Waals surface area contributed by atoms with Gasteiger partial charge in [0.25, 0.3) is 5.56 Å². The number of benzene rings is 1. The number of hydrogen-bond acceptors (Lipinski definition) is 4. The molecule has 1 aromatic heterocycles. The zero-order valence-corrected chi connectivity index (χ0v) is 14.0. The van der Waals surface area contributed by atoms with E-state index >= 15 is 0 Å². The van der Waals surface area contributed by atoms with Crippen molar-refractivity contribution in [2.75, 3.05) is 13.7 Å². The molecule has 9 heteroatoms. The quantitative estimate of drug-likeness (QED) is 0.898. The highest BCUT2D eigenvalue weighted by atomic mass is 35.5. The SMILES string of the molecule is COc1cccc(CN2CCc3c(nc(C(F)(F)F)[nH]c3=O)C2)c1Cl. The van der Waals surface area contributed by atoms with E-state index in [1.807, 2.05) is 16.0 Å². The van der Waals surface area contributed by atoms with Gasteiger partial charge in [0.05, 0.1) is 17.8 Å². The minimum atomic E-state index is -4.69. The number of nitrogens with one attached hydrogen (secondary N) is 1. The number of nitrogens with zero attached hydrogens (tertiary/aromatic N) is 2. The first kappa shape index (κ1) is 17.8. The molecule has 25 heavy (non-hydrogen) atoms. The molecule has 134 valence electrons. The summed E-state index contributed by atoms with van der Waals surface area (Å²) in [4.78, 5) is 19.2. The number of aromatic nitrogens is 2. The molecule has 2 heterocycles. The largest absolute Gasteiger partial charge is 0.495 e. The van der Waals surface area contributed by atoms with Crippen molar-refractivity contribution in [1.29, 1.82) is 0 Å². The molecule has 0 aliphatic carbocycles. The Morgan fingerprint density at radius 1 is 1.40 bits per heavy atom. The van der Waals surface area contributed by atoms with Gasteiger partial charge in [-0.25, -0.2) is 4.98 Å². The number of rotatable bonds is 3. The summed E-state index contributed by atoms with van der Waals surface area (Å²) in [5, 5.41) is 0.464. The van der Waals surface area contributed by atoms with Gasteiger partial charge in [-0.1, -0.05) is 23.7 Å². The maximum atomic E-state index is 12.8. The van der Waals surface area contributed by atoms with Gasteiger partial charge < -0.3 is 9.72 Å². The standard InChI is InChI=1S/C16H15ClF3N3O2/c1-25-12-4-2-3-9(13(12)17)7-23-6-5-10-11(8-23)21-15(16(18,19)20)22-14(10)24/h2-4H,5-8H2,1H3,(H,21,22,24). The smallest absolute Gasteiger partial charge is 0.449 e. The minimum Gasteiger partial charge on any atom is -0.495 e. The summed E-state index contributed by atoms with van der Waals surface area (Å²) >= 11 is 6.27. The highest BCUT2D eigenvalue weighted by molar-refractivity contribution is 6.32. The first-order chi connectivity index (χ1) is 11.8. The summed E-state index contributed by atoms with van der Waals surface area (Å²) in [6.07, 6.45) is -4.36. The Balaban J connectivity index is 1.86. The van der Waals surface area contributed by atoms with Gasteiger partial charge in [-0.2, -0.15) is 13.2 Å². The fourth-order valence-electron chi connectivity index (χ4n) is 2.84. The molecule has 0 saturated carbocycles.